The maximum absolute atomic E-state index is 11.1. The lowest BCUT2D eigenvalue weighted by molar-refractivity contribution is 0.0701. The van der Waals surface area contributed by atoms with Crippen molar-refractivity contribution in [3.63, 3.8) is 0 Å². The van der Waals surface area contributed by atoms with Gasteiger partial charge in [0.15, 0.2) is 0 Å². The number of carbonyl (C=O) groups is 1. The lowest BCUT2D eigenvalue weighted by atomic mass is 10.0. The van der Waals surface area contributed by atoms with E-state index >= 15 is 0 Å². The van der Waals surface area contributed by atoms with Gasteiger partial charge in [-0.25, -0.2) is 4.79 Å². The number of anilines is 1. The van der Waals surface area contributed by atoms with Crippen molar-refractivity contribution in [2.75, 3.05) is 5.73 Å². The predicted octanol–water partition coefficient (Wildman–Crippen LogP) is 3.13. The smallest absolute Gasteiger partial charge is 0.346 e. The summed E-state index contributed by atoms with van der Waals surface area (Å²) >= 11 is 1.31. The van der Waals surface area contributed by atoms with Crippen molar-refractivity contribution in [2.45, 2.75) is 19.8 Å². The zero-order chi connectivity index (χ0) is 11.7. The second-order valence-electron chi connectivity index (χ2n) is 3.69. The first-order chi connectivity index (χ1) is 7.65. The number of rotatable bonds is 3. The molecule has 16 heavy (non-hydrogen) atoms. The Morgan fingerprint density at radius 3 is 2.88 bits per heavy atom. The van der Waals surface area contributed by atoms with Crippen LogP contribution in [0, 0.1) is 0 Å². The Hall–Kier alpha value is -1.55. The second kappa shape index (κ2) is 4.14. The van der Waals surface area contributed by atoms with Gasteiger partial charge >= 0.3 is 5.97 Å². The van der Waals surface area contributed by atoms with Crippen LogP contribution in [0.3, 0.4) is 0 Å². The fourth-order valence-electron chi connectivity index (χ4n) is 1.90. The van der Waals surface area contributed by atoms with E-state index < -0.39 is 5.97 Å². The molecule has 3 nitrogen and oxygen atoms in total. The van der Waals surface area contributed by atoms with Crippen LogP contribution in [0.2, 0.25) is 0 Å². The average Bonchev–Trinajstić information content (AvgIpc) is 2.59. The number of nitrogens with two attached hydrogens (primary N) is 1. The Kier molecular flexibility index (Phi) is 2.83. The van der Waals surface area contributed by atoms with Crippen molar-refractivity contribution in [3.05, 3.63) is 28.6 Å². The maximum Gasteiger partial charge on any atom is 0.346 e. The van der Waals surface area contributed by atoms with E-state index in [1.165, 1.54) is 11.3 Å². The van der Waals surface area contributed by atoms with Gasteiger partial charge in [0.05, 0.1) is 0 Å². The van der Waals surface area contributed by atoms with E-state index in [1.807, 2.05) is 25.1 Å². The van der Waals surface area contributed by atoms with E-state index in [9.17, 15) is 4.79 Å². The van der Waals surface area contributed by atoms with Crippen LogP contribution in [0.25, 0.3) is 10.1 Å². The summed E-state index contributed by atoms with van der Waals surface area (Å²) in [6, 6.07) is 5.59. The summed E-state index contributed by atoms with van der Waals surface area (Å²) < 4.78 is 0.959. The maximum atomic E-state index is 11.1. The minimum atomic E-state index is -0.857. The van der Waals surface area contributed by atoms with E-state index in [4.69, 9.17) is 10.8 Å². The monoisotopic (exact) mass is 235 g/mol. The molecule has 1 heterocycles. The summed E-state index contributed by atoms with van der Waals surface area (Å²) in [5.74, 6) is -0.857. The quantitative estimate of drug-likeness (QED) is 0.803. The molecule has 4 heteroatoms. The van der Waals surface area contributed by atoms with Crippen molar-refractivity contribution < 1.29 is 9.90 Å². The van der Waals surface area contributed by atoms with Gasteiger partial charge in [0.1, 0.15) is 4.88 Å². The first-order valence-electron chi connectivity index (χ1n) is 5.18. The van der Waals surface area contributed by atoms with Crippen molar-refractivity contribution >= 4 is 33.1 Å². The molecule has 1 aromatic heterocycles. The summed E-state index contributed by atoms with van der Waals surface area (Å²) in [7, 11) is 0. The number of aryl methyl sites for hydroxylation is 1. The third kappa shape index (κ3) is 1.65. The molecule has 3 N–H and O–H groups in total. The normalized spacial score (nSPS) is 10.8. The van der Waals surface area contributed by atoms with Crippen molar-refractivity contribution in [2.24, 2.45) is 0 Å². The van der Waals surface area contributed by atoms with Crippen molar-refractivity contribution in [3.8, 4) is 0 Å². The first-order valence-corrected chi connectivity index (χ1v) is 6.00. The molecule has 84 valence electrons. The Balaban J connectivity index is 2.77. The third-order valence-corrected chi connectivity index (χ3v) is 3.73. The molecular weight excluding hydrogens is 222 g/mol. The fraction of sp³-hybridized carbons (Fsp3) is 0.250. The Labute approximate surface area is 97.5 Å². The minimum Gasteiger partial charge on any atom is -0.477 e. The van der Waals surface area contributed by atoms with Crippen LogP contribution in [-0.2, 0) is 6.42 Å². The highest BCUT2D eigenvalue weighted by Crippen LogP contribution is 2.35. The summed E-state index contributed by atoms with van der Waals surface area (Å²) in [6.07, 6.45) is 1.68. The highest BCUT2D eigenvalue weighted by Gasteiger charge is 2.18. The Morgan fingerprint density at radius 2 is 2.25 bits per heavy atom. The van der Waals surface area contributed by atoms with Crippen LogP contribution in [0.5, 0.6) is 0 Å². The van der Waals surface area contributed by atoms with Crippen LogP contribution >= 0.6 is 11.3 Å². The highest BCUT2D eigenvalue weighted by atomic mass is 32.1. The average molecular weight is 235 g/mol. The molecule has 0 amide bonds. The van der Waals surface area contributed by atoms with Gasteiger partial charge in [0.25, 0.3) is 0 Å². The molecule has 0 spiro atoms. The summed E-state index contributed by atoms with van der Waals surface area (Å²) in [4.78, 5) is 11.6. The molecule has 2 aromatic rings. The molecule has 0 saturated carbocycles. The molecule has 0 unspecified atom stereocenters. The molecule has 0 radical (unpaired) electrons. The molecule has 0 aliphatic carbocycles. The topological polar surface area (TPSA) is 63.3 Å². The fourth-order valence-corrected chi connectivity index (χ4v) is 3.03. The van der Waals surface area contributed by atoms with Gasteiger partial charge in [-0.2, -0.15) is 0 Å². The molecule has 0 aliphatic heterocycles. The van der Waals surface area contributed by atoms with Gasteiger partial charge < -0.3 is 10.8 Å². The SMILES string of the molecule is CCCc1c(C(=O)O)sc2cccc(N)c12. The van der Waals surface area contributed by atoms with E-state index in [2.05, 4.69) is 0 Å². The predicted molar refractivity (Wildman–Crippen MR) is 67.2 cm³/mol. The number of carboxylic acid groups (broad SMARTS) is 1. The van der Waals surface area contributed by atoms with Crippen LogP contribution in [0.1, 0.15) is 28.6 Å². The molecule has 0 saturated heterocycles. The number of fused-ring (bicyclic) bond motifs is 1. The first kappa shape index (κ1) is 11.0. The van der Waals surface area contributed by atoms with E-state index in [1.54, 1.807) is 0 Å². The molecule has 0 fully saturated rings. The summed E-state index contributed by atoms with van der Waals surface area (Å²) in [5.41, 5.74) is 7.47. The number of hydrogen-bond donors (Lipinski definition) is 2. The Morgan fingerprint density at radius 1 is 1.50 bits per heavy atom. The number of carboxylic acids is 1. The van der Waals surface area contributed by atoms with E-state index in [0.717, 1.165) is 28.5 Å². The van der Waals surface area contributed by atoms with Gasteiger partial charge in [-0.1, -0.05) is 19.4 Å². The number of aromatic carboxylic acids is 1. The minimum absolute atomic E-state index is 0.426. The third-order valence-electron chi connectivity index (χ3n) is 2.54. The number of thiophene rings is 1. The molecule has 2 rings (SSSR count). The summed E-state index contributed by atoms with van der Waals surface area (Å²) in [5, 5.41) is 10.1. The largest absolute Gasteiger partial charge is 0.477 e. The molecule has 0 bridgehead atoms. The van der Waals surface area contributed by atoms with Crippen LogP contribution in [0.4, 0.5) is 5.69 Å². The lowest BCUT2D eigenvalue weighted by Crippen LogP contribution is -1.98. The number of hydrogen-bond acceptors (Lipinski definition) is 3. The standard InChI is InChI=1S/C12H13NO2S/c1-2-4-7-10-8(13)5-3-6-9(10)16-11(7)12(14)15/h3,5-6H,2,4,13H2,1H3,(H,14,15). The Bertz CT molecular complexity index is 545. The molecule has 0 aliphatic rings. The number of benzene rings is 1. The molecular formula is C12H13NO2S. The van der Waals surface area contributed by atoms with Crippen molar-refractivity contribution in [1.29, 1.82) is 0 Å². The second-order valence-corrected chi connectivity index (χ2v) is 4.74. The summed E-state index contributed by atoms with van der Waals surface area (Å²) in [6.45, 7) is 2.04. The highest BCUT2D eigenvalue weighted by molar-refractivity contribution is 7.21. The van der Waals surface area contributed by atoms with Crippen LogP contribution < -0.4 is 5.73 Å². The van der Waals surface area contributed by atoms with Gasteiger partial charge in [-0.05, 0) is 24.1 Å². The lowest BCUT2D eigenvalue weighted by Gasteiger charge is -2.01. The zero-order valence-corrected chi connectivity index (χ0v) is 9.80. The van der Waals surface area contributed by atoms with Crippen LogP contribution in [-0.4, -0.2) is 11.1 Å². The van der Waals surface area contributed by atoms with Gasteiger partial charge in [-0.15, -0.1) is 11.3 Å². The van der Waals surface area contributed by atoms with Crippen molar-refractivity contribution in [1.82, 2.24) is 0 Å². The van der Waals surface area contributed by atoms with Gasteiger partial charge in [0, 0.05) is 15.8 Å². The van der Waals surface area contributed by atoms with E-state index in [-0.39, 0.29) is 0 Å². The molecule has 0 atom stereocenters. The van der Waals surface area contributed by atoms with E-state index in [0.29, 0.717) is 10.6 Å². The zero-order valence-electron chi connectivity index (χ0n) is 8.99. The molecule has 1 aromatic carbocycles. The van der Waals surface area contributed by atoms with Crippen LogP contribution in [0.15, 0.2) is 18.2 Å². The number of nitrogen functional groups attached to an aromatic ring is 1. The van der Waals surface area contributed by atoms with Gasteiger partial charge in [-0.3, -0.25) is 0 Å². The van der Waals surface area contributed by atoms with Gasteiger partial charge in [0.2, 0.25) is 0 Å².